The van der Waals surface area contributed by atoms with Crippen LogP contribution in [0, 0.1) is 0 Å². The summed E-state index contributed by atoms with van der Waals surface area (Å²) in [6.45, 7) is 2.07. The van der Waals surface area contributed by atoms with Crippen LogP contribution in [-0.2, 0) is 6.42 Å². The fourth-order valence-corrected chi connectivity index (χ4v) is 4.07. The second-order valence-corrected chi connectivity index (χ2v) is 8.16. The number of Topliss-reactive ketones (excluding diaryl/α,β-unsaturated/α-hetero) is 1. The highest BCUT2D eigenvalue weighted by Gasteiger charge is 2.31. The Morgan fingerprint density at radius 3 is 2.32 bits per heavy atom. The summed E-state index contributed by atoms with van der Waals surface area (Å²) >= 11 is 0. The molecule has 1 aliphatic heterocycles. The molecule has 1 unspecified atom stereocenters. The van der Waals surface area contributed by atoms with Gasteiger partial charge in [0.15, 0.2) is 5.78 Å². The van der Waals surface area contributed by atoms with Gasteiger partial charge in [0.05, 0.1) is 11.4 Å². The van der Waals surface area contributed by atoms with Crippen LogP contribution in [0.2, 0.25) is 0 Å². The Morgan fingerprint density at radius 1 is 0.912 bits per heavy atom. The smallest absolute Gasteiger partial charge is 0.194 e. The highest BCUT2D eigenvalue weighted by Crippen LogP contribution is 2.33. The minimum Gasteiger partial charge on any atom is -0.457 e. The van der Waals surface area contributed by atoms with Crippen LogP contribution < -0.4 is 16.2 Å². The number of hydrogen-bond acceptors (Lipinski definition) is 6. The van der Waals surface area contributed by atoms with Gasteiger partial charge in [-0.25, -0.2) is 0 Å². The number of nitrogen functional groups attached to an aromatic ring is 2. The van der Waals surface area contributed by atoms with E-state index in [0.29, 0.717) is 34.1 Å². The average Bonchev–Trinajstić information content (AvgIpc) is 2.87. The first-order valence-electron chi connectivity index (χ1n) is 11.1. The van der Waals surface area contributed by atoms with Crippen LogP contribution in [0.15, 0.2) is 90.1 Å². The van der Waals surface area contributed by atoms with E-state index < -0.39 is 6.04 Å². The van der Waals surface area contributed by atoms with E-state index >= 15 is 0 Å². The Hall–Kier alpha value is -4.45. The summed E-state index contributed by atoms with van der Waals surface area (Å²) in [7, 11) is 0. The van der Waals surface area contributed by atoms with Crippen LogP contribution >= 0.6 is 0 Å². The van der Waals surface area contributed by atoms with Gasteiger partial charge in [-0.1, -0.05) is 19.1 Å². The number of carbonyl (C=O) groups excluding carboxylic acids is 1. The molecule has 0 spiro atoms. The highest BCUT2D eigenvalue weighted by atomic mass is 16.5. The summed E-state index contributed by atoms with van der Waals surface area (Å²) in [6.07, 6.45) is 2.45. The normalized spacial score (nSPS) is 14.9. The van der Waals surface area contributed by atoms with Gasteiger partial charge in [0.25, 0.3) is 0 Å². The Bertz CT molecular complexity index is 1390. The first kappa shape index (κ1) is 21.4. The molecule has 4 aromatic rings. The molecule has 0 radical (unpaired) electrons. The summed E-state index contributed by atoms with van der Waals surface area (Å²) in [5.74, 6) is 1.41. The van der Waals surface area contributed by atoms with Crippen LogP contribution in [-0.4, -0.2) is 16.5 Å². The van der Waals surface area contributed by atoms with E-state index in [1.807, 2.05) is 54.6 Å². The lowest BCUT2D eigenvalue weighted by Crippen LogP contribution is -2.24. The molecule has 4 N–H and O–H groups in total. The molecule has 1 atom stereocenters. The SMILES string of the molecule is CCc1cc(C2=NC(c3ccc(N)cc3)C(=O)c3cccnc32)ccc1Oc1ccc(N)cc1. The summed E-state index contributed by atoms with van der Waals surface area (Å²) < 4.78 is 6.11. The Kier molecular flexibility index (Phi) is 5.55. The van der Waals surface area contributed by atoms with Crippen molar-refractivity contribution >= 4 is 22.9 Å². The lowest BCUT2D eigenvalue weighted by atomic mass is 9.89. The fraction of sp³-hybridized carbons (Fsp3) is 0.107. The number of hydrogen-bond donors (Lipinski definition) is 2. The monoisotopic (exact) mass is 448 g/mol. The second-order valence-electron chi connectivity index (χ2n) is 8.16. The van der Waals surface area contributed by atoms with Gasteiger partial charge >= 0.3 is 0 Å². The molecule has 0 saturated heterocycles. The summed E-state index contributed by atoms with van der Waals surface area (Å²) in [5.41, 5.74) is 17.5. The molecule has 6 heteroatoms. The predicted octanol–water partition coefficient (Wildman–Crippen LogP) is 5.38. The molecule has 0 bridgehead atoms. The van der Waals surface area contributed by atoms with Crippen molar-refractivity contribution in [2.75, 3.05) is 11.5 Å². The van der Waals surface area contributed by atoms with Gasteiger partial charge in [0.2, 0.25) is 0 Å². The van der Waals surface area contributed by atoms with Crippen LogP contribution in [0.1, 0.15) is 45.7 Å². The number of nitrogens with two attached hydrogens (primary N) is 2. The molecule has 0 aliphatic carbocycles. The van der Waals surface area contributed by atoms with E-state index in [-0.39, 0.29) is 5.78 Å². The van der Waals surface area contributed by atoms with Crippen molar-refractivity contribution in [1.82, 2.24) is 4.98 Å². The van der Waals surface area contributed by atoms with Gasteiger partial charge in [-0.05, 0) is 84.3 Å². The molecule has 5 rings (SSSR count). The topological polar surface area (TPSA) is 104 Å². The van der Waals surface area contributed by atoms with Crippen molar-refractivity contribution in [3.8, 4) is 11.5 Å². The second kappa shape index (κ2) is 8.83. The maximum Gasteiger partial charge on any atom is 0.194 e. The maximum atomic E-state index is 13.3. The van der Waals surface area contributed by atoms with Crippen LogP contribution in [0.25, 0.3) is 0 Å². The molecule has 2 heterocycles. The molecule has 1 aliphatic rings. The number of aliphatic imine (C=N–C) groups is 1. The molecule has 6 nitrogen and oxygen atoms in total. The number of ketones is 1. The third kappa shape index (κ3) is 4.01. The third-order valence-electron chi connectivity index (χ3n) is 5.88. The number of rotatable bonds is 5. The number of anilines is 2. The van der Waals surface area contributed by atoms with Crippen molar-refractivity contribution in [3.05, 3.63) is 113 Å². The molecule has 0 saturated carbocycles. The summed E-state index contributed by atoms with van der Waals surface area (Å²) in [4.78, 5) is 22.7. The highest BCUT2D eigenvalue weighted by molar-refractivity contribution is 6.21. The van der Waals surface area contributed by atoms with Crippen LogP contribution in [0.3, 0.4) is 0 Å². The lowest BCUT2D eigenvalue weighted by molar-refractivity contribution is 0.0959. The van der Waals surface area contributed by atoms with Gasteiger partial charge in [0.1, 0.15) is 17.5 Å². The van der Waals surface area contributed by atoms with Gasteiger partial charge in [-0.15, -0.1) is 0 Å². The standard InChI is InChI=1S/C28H24N4O2/c1-2-17-16-19(7-14-24(17)34-22-12-10-21(30)11-13-22)25-27-23(4-3-15-31-27)28(33)26(32-25)18-5-8-20(29)9-6-18/h3-16,26H,2,29-30H2,1H3. The number of nitrogens with zero attached hydrogens (tertiary/aromatic N) is 2. The van der Waals surface area contributed by atoms with Gasteiger partial charge in [-0.3, -0.25) is 14.8 Å². The van der Waals surface area contributed by atoms with Gasteiger partial charge < -0.3 is 16.2 Å². The quantitative estimate of drug-likeness (QED) is 0.399. The zero-order valence-corrected chi connectivity index (χ0v) is 18.7. The Balaban J connectivity index is 1.57. The lowest BCUT2D eigenvalue weighted by Gasteiger charge is -2.23. The number of aryl methyl sites for hydroxylation is 1. The van der Waals surface area contributed by atoms with Gasteiger partial charge in [0, 0.05) is 28.7 Å². The van der Waals surface area contributed by atoms with Crippen molar-refractivity contribution in [3.63, 3.8) is 0 Å². The minimum absolute atomic E-state index is 0.0735. The largest absolute Gasteiger partial charge is 0.457 e. The molecule has 34 heavy (non-hydrogen) atoms. The molecule has 3 aromatic carbocycles. The van der Waals surface area contributed by atoms with Gasteiger partial charge in [-0.2, -0.15) is 0 Å². The zero-order chi connectivity index (χ0) is 23.7. The van der Waals surface area contributed by atoms with E-state index in [0.717, 1.165) is 28.9 Å². The molecular formula is C28H24N4O2. The average molecular weight is 449 g/mol. The van der Waals surface area contributed by atoms with Crippen molar-refractivity contribution in [2.45, 2.75) is 19.4 Å². The number of pyridine rings is 1. The van der Waals surface area contributed by atoms with E-state index in [1.54, 1.807) is 24.4 Å². The van der Waals surface area contributed by atoms with Crippen molar-refractivity contribution in [2.24, 2.45) is 4.99 Å². The number of benzene rings is 3. The number of aromatic nitrogens is 1. The van der Waals surface area contributed by atoms with E-state index in [1.165, 1.54) is 0 Å². The Morgan fingerprint density at radius 2 is 1.62 bits per heavy atom. The molecule has 0 amide bonds. The zero-order valence-electron chi connectivity index (χ0n) is 18.7. The first-order chi connectivity index (χ1) is 16.5. The number of fused-ring (bicyclic) bond motifs is 1. The van der Waals surface area contributed by atoms with Crippen molar-refractivity contribution in [1.29, 1.82) is 0 Å². The number of carbonyl (C=O) groups is 1. The number of ether oxygens (including phenoxy) is 1. The summed E-state index contributed by atoms with van der Waals surface area (Å²) in [5, 5.41) is 0. The Labute approximate surface area is 197 Å². The van der Waals surface area contributed by atoms with Crippen molar-refractivity contribution < 1.29 is 9.53 Å². The first-order valence-corrected chi connectivity index (χ1v) is 11.1. The molecule has 168 valence electrons. The molecule has 1 aromatic heterocycles. The minimum atomic E-state index is -0.650. The molecular weight excluding hydrogens is 424 g/mol. The van der Waals surface area contributed by atoms with E-state index in [2.05, 4.69) is 18.0 Å². The van der Waals surface area contributed by atoms with E-state index in [9.17, 15) is 4.79 Å². The van der Waals surface area contributed by atoms with E-state index in [4.69, 9.17) is 21.2 Å². The predicted molar refractivity (Wildman–Crippen MR) is 135 cm³/mol. The maximum absolute atomic E-state index is 13.3. The molecule has 0 fully saturated rings. The summed E-state index contributed by atoms with van der Waals surface area (Å²) in [6, 6.07) is 23.5. The fourth-order valence-electron chi connectivity index (χ4n) is 4.07. The van der Waals surface area contributed by atoms with Crippen LogP contribution in [0.5, 0.6) is 11.5 Å². The third-order valence-corrected chi connectivity index (χ3v) is 5.88. The van der Waals surface area contributed by atoms with Crippen LogP contribution in [0.4, 0.5) is 11.4 Å².